The summed E-state index contributed by atoms with van der Waals surface area (Å²) in [6.45, 7) is 3.76. The van der Waals surface area contributed by atoms with Crippen molar-refractivity contribution in [3.05, 3.63) is 41.1 Å². The maximum Gasteiger partial charge on any atom is 0.338 e. The molecule has 0 spiro atoms. The minimum Gasteiger partial charge on any atom is -0.463 e. The number of ether oxygens (including phenoxy) is 1. The smallest absolute Gasteiger partial charge is 0.338 e. The van der Waals surface area contributed by atoms with Crippen LogP contribution < -0.4 is 10.6 Å². The standard InChI is InChI=1S/C26H33N3O4/c1-4-33-23(30)21-15(2)29(3)25(32)28-22(21)19-6-5-7-20(11-19)27-24(31)26-12-16-8-17(13-26)10-18(9-16)14-26/h5-7,11,16-18,22H,4,8-10,12-14H2,1-3H3,(H,27,31)(H,28,32). The number of rotatable bonds is 5. The minimum absolute atomic E-state index is 0.128. The number of anilines is 1. The van der Waals surface area contributed by atoms with E-state index in [9.17, 15) is 14.4 Å². The first-order valence-electron chi connectivity index (χ1n) is 12.1. The summed E-state index contributed by atoms with van der Waals surface area (Å²) >= 11 is 0. The quantitative estimate of drug-likeness (QED) is 0.651. The van der Waals surface area contributed by atoms with Crippen molar-refractivity contribution >= 4 is 23.6 Å². The second-order valence-electron chi connectivity index (χ2n) is 10.4. The number of hydrogen-bond donors (Lipinski definition) is 2. The maximum absolute atomic E-state index is 13.5. The lowest BCUT2D eigenvalue weighted by Gasteiger charge is -2.55. The molecule has 1 heterocycles. The number of amides is 3. The third-order valence-corrected chi connectivity index (χ3v) is 8.25. The summed E-state index contributed by atoms with van der Waals surface area (Å²) in [6.07, 6.45) is 6.89. The van der Waals surface area contributed by atoms with E-state index in [0.29, 0.717) is 34.7 Å². The van der Waals surface area contributed by atoms with Gasteiger partial charge in [0.15, 0.2) is 0 Å². The van der Waals surface area contributed by atoms with Crippen LogP contribution in [0.4, 0.5) is 10.5 Å². The molecule has 3 amide bonds. The fraction of sp³-hybridized carbons (Fsp3) is 0.577. The van der Waals surface area contributed by atoms with Gasteiger partial charge in [-0.05, 0) is 87.8 Å². The fourth-order valence-corrected chi connectivity index (χ4v) is 7.01. The molecule has 4 aliphatic carbocycles. The minimum atomic E-state index is -0.635. The summed E-state index contributed by atoms with van der Waals surface area (Å²) < 4.78 is 5.28. The lowest BCUT2D eigenvalue weighted by molar-refractivity contribution is -0.140. The van der Waals surface area contributed by atoms with Crippen LogP contribution in [-0.4, -0.2) is 36.5 Å². The summed E-state index contributed by atoms with van der Waals surface area (Å²) in [7, 11) is 1.63. The van der Waals surface area contributed by atoms with E-state index in [1.54, 1.807) is 20.9 Å². The Balaban J connectivity index is 1.40. The van der Waals surface area contributed by atoms with Gasteiger partial charge in [-0.25, -0.2) is 9.59 Å². The molecule has 4 bridgehead atoms. The van der Waals surface area contributed by atoms with E-state index in [1.807, 2.05) is 24.3 Å². The predicted octanol–water partition coefficient (Wildman–Crippen LogP) is 4.37. The van der Waals surface area contributed by atoms with Crippen molar-refractivity contribution in [2.24, 2.45) is 23.2 Å². The average molecular weight is 452 g/mol. The van der Waals surface area contributed by atoms with Crippen LogP contribution >= 0.6 is 0 Å². The number of hydrogen-bond acceptors (Lipinski definition) is 4. The zero-order valence-electron chi connectivity index (χ0n) is 19.6. The van der Waals surface area contributed by atoms with Crippen molar-refractivity contribution in [3.63, 3.8) is 0 Å². The van der Waals surface area contributed by atoms with E-state index in [2.05, 4.69) is 10.6 Å². The molecule has 6 rings (SSSR count). The molecular formula is C26H33N3O4. The largest absolute Gasteiger partial charge is 0.463 e. The van der Waals surface area contributed by atoms with Crippen molar-refractivity contribution in [2.75, 3.05) is 19.0 Å². The van der Waals surface area contributed by atoms with Crippen molar-refractivity contribution in [3.8, 4) is 0 Å². The monoisotopic (exact) mass is 451 g/mol. The van der Waals surface area contributed by atoms with Crippen molar-refractivity contribution in [1.82, 2.24) is 10.2 Å². The van der Waals surface area contributed by atoms with Gasteiger partial charge in [-0.2, -0.15) is 0 Å². The lowest BCUT2D eigenvalue weighted by atomic mass is 9.49. The first kappa shape index (κ1) is 22.0. The molecule has 0 aromatic heterocycles. The molecule has 0 saturated heterocycles. The highest BCUT2D eigenvalue weighted by atomic mass is 16.5. The Morgan fingerprint density at radius 2 is 1.79 bits per heavy atom. The lowest BCUT2D eigenvalue weighted by Crippen LogP contribution is -2.51. The normalized spacial score (nSPS) is 32.6. The Bertz CT molecular complexity index is 995. The summed E-state index contributed by atoms with van der Waals surface area (Å²) in [5.74, 6) is 1.77. The molecule has 4 saturated carbocycles. The number of allylic oxidation sites excluding steroid dienone is 1. The highest BCUT2D eigenvalue weighted by Gasteiger charge is 2.54. The number of benzene rings is 1. The van der Waals surface area contributed by atoms with Gasteiger partial charge in [-0.15, -0.1) is 0 Å². The fourth-order valence-electron chi connectivity index (χ4n) is 7.01. The first-order valence-corrected chi connectivity index (χ1v) is 12.1. The molecule has 7 nitrogen and oxygen atoms in total. The van der Waals surface area contributed by atoms with Gasteiger partial charge in [0.1, 0.15) is 0 Å². The van der Waals surface area contributed by atoms with Crippen molar-refractivity contribution in [2.45, 2.75) is 58.4 Å². The third-order valence-electron chi connectivity index (χ3n) is 8.25. The van der Waals surface area contributed by atoms with E-state index in [4.69, 9.17) is 4.74 Å². The molecule has 4 fully saturated rings. The molecule has 5 aliphatic rings. The highest BCUT2D eigenvalue weighted by Crippen LogP contribution is 2.60. The number of carbonyl (C=O) groups excluding carboxylic acids is 3. The summed E-state index contributed by atoms with van der Waals surface area (Å²) in [5, 5.41) is 6.09. The molecule has 7 heteroatoms. The zero-order valence-corrected chi connectivity index (χ0v) is 19.6. The Labute approximate surface area is 194 Å². The molecule has 1 aromatic carbocycles. The van der Waals surface area contributed by atoms with Crippen LogP contribution in [0.15, 0.2) is 35.5 Å². The Hall–Kier alpha value is -2.83. The van der Waals surface area contributed by atoms with Crippen LogP contribution in [0.1, 0.15) is 64.0 Å². The number of nitrogens with one attached hydrogen (secondary N) is 2. The number of nitrogens with zero attached hydrogens (tertiary/aromatic N) is 1. The second-order valence-corrected chi connectivity index (χ2v) is 10.4. The molecule has 176 valence electrons. The van der Waals surface area contributed by atoms with Gasteiger partial charge in [0.25, 0.3) is 0 Å². The van der Waals surface area contributed by atoms with Gasteiger partial charge in [-0.1, -0.05) is 12.1 Å². The van der Waals surface area contributed by atoms with Crippen LogP contribution in [0.5, 0.6) is 0 Å². The van der Waals surface area contributed by atoms with Crippen LogP contribution in [0.2, 0.25) is 0 Å². The second kappa shape index (κ2) is 8.19. The van der Waals surface area contributed by atoms with Crippen LogP contribution in [0, 0.1) is 23.2 Å². The van der Waals surface area contributed by atoms with Gasteiger partial charge in [0.2, 0.25) is 5.91 Å². The van der Waals surface area contributed by atoms with E-state index >= 15 is 0 Å². The van der Waals surface area contributed by atoms with E-state index in [-0.39, 0.29) is 24.0 Å². The molecule has 1 aromatic rings. The zero-order chi connectivity index (χ0) is 23.3. The average Bonchev–Trinajstić information content (AvgIpc) is 2.76. The maximum atomic E-state index is 13.5. The van der Waals surface area contributed by atoms with Gasteiger partial charge >= 0.3 is 12.0 Å². The van der Waals surface area contributed by atoms with Gasteiger partial charge in [0, 0.05) is 18.4 Å². The van der Waals surface area contributed by atoms with E-state index in [1.165, 1.54) is 24.2 Å². The Morgan fingerprint density at radius 1 is 1.15 bits per heavy atom. The SMILES string of the molecule is CCOC(=O)C1=C(C)N(C)C(=O)NC1c1cccc(NC(=O)C23CC4CC(CC(C4)C2)C3)c1. The van der Waals surface area contributed by atoms with Crippen LogP contribution in [0.25, 0.3) is 0 Å². The number of carbonyl (C=O) groups is 3. The molecular weight excluding hydrogens is 418 g/mol. The Kier molecular flexibility index (Phi) is 5.46. The number of urea groups is 1. The summed E-state index contributed by atoms with van der Waals surface area (Å²) in [5.41, 5.74) is 2.16. The van der Waals surface area contributed by atoms with Gasteiger partial charge < -0.3 is 20.3 Å². The predicted molar refractivity (Wildman–Crippen MR) is 124 cm³/mol. The van der Waals surface area contributed by atoms with Gasteiger partial charge in [0.05, 0.1) is 23.6 Å². The highest BCUT2D eigenvalue weighted by molar-refractivity contribution is 5.97. The summed E-state index contributed by atoms with van der Waals surface area (Å²) in [4.78, 5) is 40.1. The van der Waals surface area contributed by atoms with Crippen molar-refractivity contribution < 1.29 is 19.1 Å². The molecule has 1 atom stereocenters. The molecule has 0 radical (unpaired) electrons. The molecule has 1 unspecified atom stereocenters. The molecule has 33 heavy (non-hydrogen) atoms. The van der Waals surface area contributed by atoms with Crippen molar-refractivity contribution in [1.29, 1.82) is 0 Å². The van der Waals surface area contributed by atoms with E-state index in [0.717, 1.165) is 24.8 Å². The topological polar surface area (TPSA) is 87.7 Å². The third kappa shape index (κ3) is 3.81. The summed E-state index contributed by atoms with van der Waals surface area (Å²) in [6, 6.07) is 6.54. The van der Waals surface area contributed by atoms with Crippen LogP contribution in [-0.2, 0) is 14.3 Å². The Morgan fingerprint density at radius 3 is 2.39 bits per heavy atom. The first-order chi connectivity index (χ1) is 15.8. The van der Waals surface area contributed by atoms with Gasteiger partial charge in [-0.3, -0.25) is 4.79 Å². The molecule has 1 aliphatic heterocycles. The van der Waals surface area contributed by atoms with E-state index < -0.39 is 12.0 Å². The van der Waals surface area contributed by atoms with Crippen LogP contribution in [0.3, 0.4) is 0 Å². The molecule has 2 N–H and O–H groups in total. The number of esters is 1.